The third-order valence-corrected chi connectivity index (χ3v) is 5.20. The molecule has 0 N–H and O–H groups in total. The summed E-state index contributed by atoms with van der Waals surface area (Å²) in [4.78, 5) is 16.6. The van der Waals surface area contributed by atoms with Crippen molar-refractivity contribution in [3.8, 4) is 11.5 Å². The number of carbonyl (C=O) groups excluding carboxylic acids is 1. The van der Waals surface area contributed by atoms with Crippen LogP contribution in [-0.2, 0) is 11.3 Å². The fourth-order valence-corrected chi connectivity index (χ4v) is 4.07. The quantitative estimate of drug-likeness (QED) is 0.861. The smallest absolute Gasteiger partial charge is 0.244 e. The number of hydrogen-bond acceptors (Lipinski definition) is 4. The normalized spacial score (nSPS) is 24.4. The molecule has 2 fully saturated rings. The molecule has 3 aliphatic rings. The number of ether oxygens (including phenoxy) is 2. The van der Waals surface area contributed by atoms with Crippen molar-refractivity contribution in [1.29, 1.82) is 0 Å². The number of likely N-dealkylation sites (tertiary alicyclic amines) is 1. The van der Waals surface area contributed by atoms with E-state index in [2.05, 4.69) is 4.90 Å². The minimum Gasteiger partial charge on any atom is -0.454 e. The first-order valence-electron chi connectivity index (χ1n) is 8.41. The lowest BCUT2D eigenvalue weighted by Gasteiger charge is -2.34. The third kappa shape index (κ3) is 2.28. The molecule has 6 heteroatoms. The van der Waals surface area contributed by atoms with Crippen LogP contribution in [0, 0.1) is 5.82 Å². The Balaban J connectivity index is 1.35. The molecule has 5 rings (SSSR count). The van der Waals surface area contributed by atoms with Crippen LogP contribution in [0.2, 0.25) is 0 Å². The Morgan fingerprint density at radius 2 is 1.96 bits per heavy atom. The van der Waals surface area contributed by atoms with Crippen molar-refractivity contribution in [2.45, 2.75) is 25.0 Å². The predicted molar refractivity (Wildman–Crippen MR) is 89.1 cm³/mol. The molecule has 128 valence electrons. The summed E-state index contributed by atoms with van der Waals surface area (Å²) in [5, 5.41) is 0. The molecule has 5 nitrogen and oxygen atoms in total. The van der Waals surface area contributed by atoms with Gasteiger partial charge in [0.15, 0.2) is 11.5 Å². The summed E-state index contributed by atoms with van der Waals surface area (Å²) < 4.78 is 24.8. The first-order valence-corrected chi connectivity index (χ1v) is 8.41. The summed E-state index contributed by atoms with van der Waals surface area (Å²) in [6.45, 7) is 1.68. The van der Waals surface area contributed by atoms with Crippen molar-refractivity contribution in [3.05, 3.63) is 53.8 Å². The van der Waals surface area contributed by atoms with E-state index >= 15 is 0 Å². The second-order valence-electron chi connectivity index (χ2n) is 6.68. The molecular formula is C19H17FN2O3. The zero-order chi connectivity index (χ0) is 17.0. The lowest BCUT2D eigenvalue weighted by molar-refractivity contribution is -0.122. The maximum absolute atomic E-state index is 14.1. The molecule has 0 aliphatic carbocycles. The van der Waals surface area contributed by atoms with Gasteiger partial charge in [0.1, 0.15) is 5.82 Å². The largest absolute Gasteiger partial charge is 0.454 e. The summed E-state index contributed by atoms with van der Waals surface area (Å²) >= 11 is 0. The molecule has 0 radical (unpaired) electrons. The molecule has 2 bridgehead atoms. The van der Waals surface area contributed by atoms with Gasteiger partial charge in [0.05, 0.1) is 17.8 Å². The second kappa shape index (κ2) is 5.46. The number of fused-ring (bicyclic) bond motifs is 3. The molecule has 3 heterocycles. The Labute approximate surface area is 144 Å². The Bertz CT molecular complexity index is 856. The molecule has 2 saturated heterocycles. The average Bonchev–Trinajstić information content (AvgIpc) is 3.30. The minimum atomic E-state index is -0.342. The summed E-state index contributed by atoms with van der Waals surface area (Å²) in [6, 6.07) is 12.2. The van der Waals surface area contributed by atoms with Crippen LogP contribution in [-0.4, -0.2) is 36.2 Å². The first kappa shape index (κ1) is 14.7. The zero-order valence-corrected chi connectivity index (χ0v) is 13.5. The van der Waals surface area contributed by atoms with Crippen molar-refractivity contribution in [2.24, 2.45) is 0 Å². The summed E-state index contributed by atoms with van der Waals surface area (Å²) in [7, 11) is 0. The summed E-state index contributed by atoms with van der Waals surface area (Å²) in [5.74, 6) is 1.16. The van der Waals surface area contributed by atoms with Gasteiger partial charge in [0.2, 0.25) is 12.7 Å². The topological polar surface area (TPSA) is 42.0 Å². The Kier molecular flexibility index (Phi) is 3.21. The number of piperazine rings is 1. The number of nitrogens with zero attached hydrogens (tertiary/aromatic N) is 2. The second-order valence-corrected chi connectivity index (χ2v) is 6.68. The van der Waals surface area contributed by atoms with Crippen molar-refractivity contribution < 1.29 is 18.7 Å². The van der Waals surface area contributed by atoms with Crippen molar-refractivity contribution in [3.63, 3.8) is 0 Å². The van der Waals surface area contributed by atoms with Crippen molar-refractivity contribution in [1.82, 2.24) is 4.90 Å². The number of rotatable bonds is 3. The molecule has 3 aliphatic heterocycles. The van der Waals surface area contributed by atoms with Gasteiger partial charge in [0, 0.05) is 13.1 Å². The molecule has 25 heavy (non-hydrogen) atoms. The van der Waals surface area contributed by atoms with Gasteiger partial charge in [-0.3, -0.25) is 9.69 Å². The molecule has 2 atom stereocenters. The van der Waals surface area contributed by atoms with Crippen molar-refractivity contribution in [2.75, 3.05) is 18.2 Å². The zero-order valence-electron chi connectivity index (χ0n) is 13.5. The van der Waals surface area contributed by atoms with E-state index in [-0.39, 0.29) is 30.6 Å². The van der Waals surface area contributed by atoms with Crippen LogP contribution < -0.4 is 14.4 Å². The summed E-state index contributed by atoms with van der Waals surface area (Å²) in [6.07, 6.45) is 0.748. The van der Waals surface area contributed by atoms with E-state index in [1.807, 2.05) is 18.2 Å². The number of halogens is 1. The van der Waals surface area contributed by atoms with Gasteiger partial charge >= 0.3 is 0 Å². The SMILES string of the molecule is O=C1[C@@H]2C[C@@H](CN2Cc2ccc3c(c2)OCO3)N1c1ccccc1F. The van der Waals surface area contributed by atoms with Gasteiger partial charge in [-0.15, -0.1) is 0 Å². The standard InChI is InChI=1S/C19H17FN2O3/c20-14-3-1-2-4-15(14)22-13-8-16(19(22)23)21(10-13)9-12-5-6-17-18(7-12)25-11-24-17/h1-7,13,16H,8-11H2/t13-,16-/m0/s1. The fourth-order valence-electron chi connectivity index (χ4n) is 4.07. The molecule has 0 spiro atoms. The van der Waals surface area contributed by atoms with E-state index in [9.17, 15) is 9.18 Å². The maximum atomic E-state index is 14.1. The molecule has 0 aromatic heterocycles. The van der Waals surface area contributed by atoms with Gasteiger partial charge in [0.25, 0.3) is 0 Å². The van der Waals surface area contributed by atoms with Gasteiger partial charge in [-0.05, 0) is 36.2 Å². The first-order chi connectivity index (χ1) is 12.2. The maximum Gasteiger partial charge on any atom is 0.244 e. The van der Waals surface area contributed by atoms with Gasteiger partial charge in [-0.1, -0.05) is 18.2 Å². The molecule has 2 aromatic carbocycles. The van der Waals surface area contributed by atoms with Crippen LogP contribution in [0.25, 0.3) is 0 Å². The highest BCUT2D eigenvalue weighted by atomic mass is 19.1. The Hall–Kier alpha value is -2.60. The van der Waals surface area contributed by atoms with Crippen LogP contribution in [0.1, 0.15) is 12.0 Å². The number of hydrogen-bond donors (Lipinski definition) is 0. The predicted octanol–water partition coefficient (Wildman–Crippen LogP) is 2.54. The molecule has 0 unspecified atom stereocenters. The van der Waals surface area contributed by atoms with Crippen molar-refractivity contribution >= 4 is 11.6 Å². The number of anilines is 1. The van der Waals surface area contributed by atoms with Gasteiger partial charge in [-0.25, -0.2) is 4.39 Å². The van der Waals surface area contributed by atoms with E-state index in [0.29, 0.717) is 12.2 Å². The molecule has 0 saturated carbocycles. The highest BCUT2D eigenvalue weighted by Crippen LogP contribution is 2.38. The average molecular weight is 340 g/mol. The number of para-hydroxylation sites is 1. The van der Waals surface area contributed by atoms with Crippen LogP contribution in [0.15, 0.2) is 42.5 Å². The number of amides is 1. The van der Waals surface area contributed by atoms with Crippen LogP contribution in [0.5, 0.6) is 11.5 Å². The van der Waals surface area contributed by atoms with E-state index in [1.54, 1.807) is 23.1 Å². The van der Waals surface area contributed by atoms with Gasteiger partial charge in [-0.2, -0.15) is 0 Å². The Morgan fingerprint density at radius 3 is 2.80 bits per heavy atom. The van der Waals surface area contributed by atoms with E-state index in [4.69, 9.17) is 9.47 Å². The van der Waals surface area contributed by atoms with Crippen LogP contribution in [0.3, 0.4) is 0 Å². The monoisotopic (exact) mass is 340 g/mol. The molecule has 2 aromatic rings. The lowest BCUT2D eigenvalue weighted by Crippen LogP contribution is -2.50. The minimum absolute atomic E-state index is 0.0120. The van der Waals surface area contributed by atoms with Gasteiger partial charge < -0.3 is 14.4 Å². The molecular weight excluding hydrogens is 323 g/mol. The van der Waals surface area contributed by atoms with E-state index in [1.165, 1.54) is 6.07 Å². The fraction of sp³-hybridized carbons (Fsp3) is 0.316. The van der Waals surface area contributed by atoms with E-state index < -0.39 is 0 Å². The van der Waals surface area contributed by atoms with E-state index in [0.717, 1.165) is 30.0 Å². The van der Waals surface area contributed by atoms with Crippen LogP contribution >= 0.6 is 0 Å². The Morgan fingerprint density at radius 1 is 1.12 bits per heavy atom. The summed E-state index contributed by atoms with van der Waals surface area (Å²) in [5.41, 5.74) is 1.48. The number of benzene rings is 2. The molecule has 1 amide bonds. The van der Waals surface area contributed by atoms with Crippen LogP contribution in [0.4, 0.5) is 10.1 Å². The number of carbonyl (C=O) groups is 1. The highest BCUT2D eigenvalue weighted by Gasteiger charge is 2.50. The highest BCUT2D eigenvalue weighted by molar-refractivity contribution is 6.01. The third-order valence-electron chi connectivity index (χ3n) is 5.20. The lowest BCUT2D eigenvalue weighted by atomic mass is 10.1.